The van der Waals surface area contributed by atoms with Crippen molar-refractivity contribution in [1.29, 1.82) is 0 Å². The minimum absolute atomic E-state index is 0.0452. The zero-order chi connectivity index (χ0) is 15.2. The largest absolute Gasteiger partial charge is 0.480 e. The number of hydrogen-bond acceptors (Lipinski definition) is 5. The lowest BCUT2D eigenvalue weighted by molar-refractivity contribution is 0.232. The van der Waals surface area contributed by atoms with Crippen molar-refractivity contribution in [1.82, 2.24) is 10.1 Å². The third-order valence-corrected chi connectivity index (χ3v) is 2.91. The van der Waals surface area contributed by atoms with Crippen molar-refractivity contribution in [2.45, 2.75) is 45.8 Å². The van der Waals surface area contributed by atoms with E-state index in [1.807, 2.05) is 13.8 Å². The maximum atomic E-state index is 13.9. The van der Waals surface area contributed by atoms with Gasteiger partial charge in [0.15, 0.2) is 24.0 Å². The van der Waals surface area contributed by atoms with Crippen molar-refractivity contribution in [3.8, 4) is 5.75 Å². The average Bonchev–Trinajstić information content (AvgIpc) is 2.86. The standard InChI is InChI=1S/C15H20FN3O2/c1-3-5-13-18-14(21-19-13)9-20-15-11(8-10(2)17)6-4-7-12(15)16/h4,6-7,10H,3,5,8-9,17H2,1-2H3. The molecule has 0 aliphatic carbocycles. The van der Waals surface area contributed by atoms with Crippen molar-refractivity contribution in [2.75, 3.05) is 0 Å². The first kappa shape index (κ1) is 15.4. The molecule has 5 nitrogen and oxygen atoms in total. The molecule has 0 spiro atoms. The SMILES string of the molecule is CCCc1noc(COc2c(F)cccc2CC(C)N)n1. The first-order valence-electron chi connectivity index (χ1n) is 7.07. The second kappa shape index (κ2) is 7.17. The molecule has 0 saturated heterocycles. The molecule has 1 aromatic heterocycles. The maximum Gasteiger partial charge on any atom is 0.264 e. The third kappa shape index (κ3) is 4.26. The third-order valence-electron chi connectivity index (χ3n) is 2.91. The fraction of sp³-hybridized carbons (Fsp3) is 0.467. The van der Waals surface area contributed by atoms with Crippen LogP contribution in [0.5, 0.6) is 5.75 Å². The van der Waals surface area contributed by atoms with Gasteiger partial charge in [-0.15, -0.1) is 0 Å². The Morgan fingerprint density at radius 3 is 2.95 bits per heavy atom. The average molecular weight is 293 g/mol. The highest BCUT2D eigenvalue weighted by Gasteiger charge is 2.13. The summed E-state index contributed by atoms with van der Waals surface area (Å²) in [5.74, 6) is 0.764. The molecule has 0 aliphatic rings. The number of aromatic nitrogens is 2. The summed E-state index contributed by atoms with van der Waals surface area (Å²) in [6.45, 7) is 3.94. The maximum absolute atomic E-state index is 13.9. The zero-order valence-electron chi connectivity index (χ0n) is 12.3. The van der Waals surface area contributed by atoms with E-state index >= 15 is 0 Å². The smallest absolute Gasteiger partial charge is 0.264 e. The monoisotopic (exact) mass is 293 g/mol. The van der Waals surface area contributed by atoms with E-state index < -0.39 is 5.82 Å². The predicted octanol–water partition coefficient (Wildman–Crippen LogP) is 2.63. The van der Waals surface area contributed by atoms with Crippen molar-refractivity contribution in [2.24, 2.45) is 5.73 Å². The number of nitrogens with two attached hydrogens (primary N) is 1. The Morgan fingerprint density at radius 2 is 2.24 bits per heavy atom. The summed E-state index contributed by atoms with van der Waals surface area (Å²) >= 11 is 0. The summed E-state index contributed by atoms with van der Waals surface area (Å²) in [5.41, 5.74) is 6.50. The van der Waals surface area contributed by atoms with E-state index in [0.29, 0.717) is 18.1 Å². The molecular weight excluding hydrogens is 273 g/mol. The summed E-state index contributed by atoms with van der Waals surface area (Å²) < 4.78 is 24.5. The van der Waals surface area contributed by atoms with Gasteiger partial charge < -0.3 is 15.0 Å². The summed E-state index contributed by atoms with van der Waals surface area (Å²) in [4.78, 5) is 4.19. The first-order valence-corrected chi connectivity index (χ1v) is 7.07. The van der Waals surface area contributed by atoms with E-state index in [4.69, 9.17) is 15.0 Å². The Morgan fingerprint density at radius 1 is 1.43 bits per heavy atom. The summed E-state index contributed by atoms with van der Waals surface area (Å²) in [6.07, 6.45) is 2.23. The summed E-state index contributed by atoms with van der Waals surface area (Å²) in [7, 11) is 0. The number of aryl methyl sites for hydroxylation is 1. The molecule has 6 heteroatoms. The lowest BCUT2D eigenvalue weighted by Crippen LogP contribution is -2.18. The molecule has 0 radical (unpaired) electrons. The highest BCUT2D eigenvalue weighted by atomic mass is 19.1. The van der Waals surface area contributed by atoms with Gasteiger partial charge >= 0.3 is 0 Å². The van der Waals surface area contributed by atoms with Crippen molar-refractivity contribution in [3.63, 3.8) is 0 Å². The van der Waals surface area contributed by atoms with Crippen molar-refractivity contribution >= 4 is 0 Å². The lowest BCUT2D eigenvalue weighted by atomic mass is 10.1. The van der Waals surface area contributed by atoms with Crippen LogP contribution in [0.15, 0.2) is 22.7 Å². The van der Waals surface area contributed by atoms with Gasteiger partial charge in [-0.2, -0.15) is 4.98 Å². The molecule has 2 N–H and O–H groups in total. The van der Waals surface area contributed by atoms with Crippen LogP contribution >= 0.6 is 0 Å². The van der Waals surface area contributed by atoms with Gasteiger partial charge in [0.1, 0.15) is 0 Å². The second-order valence-corrected chi connectivity index (χ2v) is 5.05. The molecular formula is C15H20FN3O2. The van der Waals surface area contributed by atoms with Crippen LogP contribution in [-0.4, -0.2) is 16.2 Å². The fourth-order valence-electron chi connectivity index (χ4n) is 2.03. The Kier molecular flexibility index (Phi) is 5.27. The summed E-state index contributed by atoms with van der Waals surface area (Å²) in [5, 5.41) is 3.83. The highest BCUT2D eigenvalue weighted by Crippen LogP contribution is 2.24. The minimum atomic E-state index is -0.415. The number of nitrogens with zero attached hydrogens (tertiary/aromatic N) is 2. The lowest BCUT2D eigenvalue weighted by Gasteiger charge is -2.12. The van der Waals surface area contributed by atoms with E-state index in [2.05, 4.69) is 10.1 Å². The highest BCUT2D eigenvalue weighted by molar-refractivity contribution is 5.35. The molecule has 2 rings (SSSR count). The van der Waals surface area contributed by atoms with E-state index in [0.717, 1.165) is 18.4 Å². The normalized spacial score (nSPS) is 12.4. The van der Waals surface area contributed by atoms with Crippen LogP contribution in [0.2, 0.25) is 0 Å². The van der Waals surface area contributed by atoms with Crippen LogP contribution in [0, 0.1) is 5.82 Å². The van der Waals surface area contributed by atoms with E-state index in [1.165, 1.54) is 6.07 Å². The Hall–Kier alpha value is -1.95. The fourth-order valence-corrected chi connectivity index (χ4v) is 2.03. The van der Waals surface area contributed by atoms with Gasteiger partial charge in [-0.25, -0.2) is 4.39 Å². The second-order valence-electron chi connectivity index (χ2n) is 5.05. The van der Waals surface area contributed by atoms with Crippen LogP contribution in [-0.2, 0) is 19.4 Å². The van der Waals surface area contributed by atoms with E-state index in [1.54, 1.807) is 12.1 Å². The van der Waals surface area contributed by atoms with Crippen molar-refractivity contribution in [3.05, 3.63) is 41.3 Å². The molecule has 1 atom stereocenters. The van der Waals surface area contributed by atoms with Gasteiger partial charge in [-0.1, -0.05) is 24.2 Å². The number of para-hydroxylation sites is 1. The molecule has 0 bridgehead atoms. The molecule has 1 heterocycles. The van der Waals surface area contributed by atoms with E-state index in [9.17, 15) is 4.39 Å². The van der Waals surface area contributed by atoms with Gasteiger partial charge in [0.25, 0.3) is 5.89 Å². The number of halogens is 1. The zero-order valence-corrected chi connectivity index (χ0v) is 12.3. The first-order chi connectivity index (χ1) is 10.1. The quantitative estimate of drug-likeness (QED) is 0.849. The molecule has 1 unspecified atom stereocenters. The molecule has 0 amide bonds. The van der Waals surface area contributed by atoms with Crippen LogP contribution in [0.1, 0.15) is 37.5 Å². The van der Waals surface area contributed by atoms with Gasteiger partial charge in [-0.05, 0) is 31.4 Å². The number of benzene rings is 1. The van der Waals surface area contributed by atoms with Crippen LogP contribution in [0.4, 0.5) is 4.39 Å². The van der Waals surface area contributed by atoms with Gasteiger partial charge in [0, 0.05) is 12.5 Å². The molecule has 0 saturated carbocycles. The summed E-state index contributed by atoms with van der Waals surface area (Å²) in [6, 6.07) is 4.73. The minimum Gasteiger partial charge on any atom is -0.480 e. The molecule has 1 aromatic carbocycles. The Bertz CT molecular complexity index is 584. The molecule has 21 heavy (non-hydrogen) atoms. The van der Waals surface area contributed by atoms with Crippen LogP contribution in [0.25, 0.3) is 0 Å². The number of rotatable bonds is 7. The molecule has 114 valence electrons. The topological polar surface area (TPSA) is 74.2 Å². The predicted molar refractivity (Wildman–Crippen MR) is 76.4 cm³/mol. The Labute approximate surface area is 123 Å². The van der Waals surface area contributed by atoms with Gasteiger partial charge in [-0.3, -0.25) is 0 Å². The Balaban J connectivity index is 2.07. The van der Waals surface area contributed by atoms with Gasteiger partial charge in [0.05, 0.1) is 0 Å². The van der Waals surface area contributed by atoms with Crippen molar-refractivity contribution < 1.29 is 13.7 Å². The molecule has 0 fully saturated rings. The molecule has 2 aromatic rings. The molecule has 0 aliphatic heterocycles. The van der Waals surface area contributed by atoms with Gasteiger partial charge in [0.2, 0.25) is 0 Å². The van der Waals surface area contributed by atoms with E-state index in [-0.39, 0.29) is 18.4 Å². The van der Waals surface area contributed by atoms with Crippen LogP contribution < -0.4 is 10.5 Å². The van der Waals surface area contributed by atoms with Crippen LogP contribution in [0.3, 0.4) is 0 Å². The number of ether oxygens (including phenoxy) is 1. The number of hydrogen-bond donors (Lipinski definition) is 1.